The number of H-pyrrole nitrogens is 1. The number of aliphatic hydroxyl groups is 1. The van der Waals surface area contributed by atoms with E-state index >= 15 is 0 Å². The van der Waals surface area contributed by atoms with Crippen molar-refractivity contribution in [1.82, 2.24) is 9.55 Å². The molecule has 1 aromatic rings. The van der Waals surface area contributed by atoms with E-state index in [2.05, 4.69) is 11.9 Å². The Kier molecular flexibility index (Phi) is 16.7. The molecule has 0 saturated carbocycles. The Morgan fingerprint density at radius 1 is 0.865 bits per heavy atom. The minimum Gasteiger partial charge on any atom is -0.387 e. The van der Waals surface area contributed by atoms with Crippen molar-refractivity contribution in [2.75, 3.05) is 26.4 Å². The average molecular weight is 529 g/mol. The predicted octanol–water partition coefficient (Wildman–Crippen LogP) is 5.04. The van der Waals surface area contributed by atoms with Crippen LogP contribution in [0, 0.1) is 0 Å². The fraction of sp³-hybridized carbons (Fsp3) is 0.857. The minimum absolute atomic E-state index is 0.00908. The quantitative estimate of drug-likeness (QED) is 0.205. The number of nitrogens with one attached hydrogen (secondary N) is 1. The molecule has 1 aromatic heterocycles. The molecule has 0 aliphatic carbocycles. The molecule has 0 aromatic carbocycles. The topological polar surface area (TPSA) is 103 Å². The van der Waals surface area contributed by atoms with Crippen molar-refractivity contribution in [3.63, 3.8) is 0 Å². The van der Waals surface area contributed by atoms with Crippen LogP contribution in [0.4, 0.5) is 4.39 Å². The van der Waals surface area contributed by atoms with E-state index in [1.807, 2.05) is 0 Å². The summed E-state index contributed by atoms with van der Waals surface area (Å²) in [6.07, 6.45) is 15.1. The van der Waals surface area contributed by atoms with Crippen LogP contribution in [0.25, 0.3) is 0 Å². The van der Waals surface area contributed by atoms with Gasteiger partial charge in [-0.15, -0.1) is 0 Å². The zero-order valence-corrected chi connectivity index (χ0v) is 22.7. The predicted molar refractivity (Wildman–Crippen MR) is 143 cm³/mol. The van der Waals surface area contributed by atoms with E-state index in [1.165, 1.54) is 83.5 Å². The second-order valence-electron chi connectivity index (χ2n) is 10.2. The fourth-order valence-corrected chi connectivity index (χ4v) is 4.66. The Morgan fingerprint density at radius 2 is 1.41 bits per heavy atom. The SMILES string of the molecule is CCCCCCCCCCCCCCCCOCCCOC[C@H]1O[C@@H](n2ccc(=O)[nH]c2=O)[C@H](F)[C@@H]1O. The van der Waals surface area contributed by atoms with Gasteiger partial charge in [0.15, 0.2) is 12.4 Å². The normalized spacial score (nSPS) is 21.6. The van der Waals surface area contributed by atoms with Crippen LogP contribution in [0.3, 0.4) is 0 Å². The molecule has 9 heteroatoms. The molecule has 1 fully saturated rings. The molecule has 4 atom stereocenters. The molecule has 214 valence electrons. The second kappa shape index (κ2) is 19.5. The van der Waals surface area contributed by atoms with E-state index in [1.54, 1.807) is 0 Å². The third-order valence-corrected chi connectivity index (χ3v) is 6.92. The van der Waals surface area contributed by atoms with Crippen molar-refractivity contribution in [1.29, 1.82) is 0 Å². The molecule has 0 unspecified atom stereocenters. The fourth-order valence-electron chi connectivity index (χ4n) is 4.66. The first kappa shape index (κ1) is 31.7. The summed E-state index contributed by atoms with van der Waals surface area (Å²) in [5, 5.41) is 10.1. The van der Waals surface area contributed by atoms with Gasteiger partial charge in [-0.2, -0.15) is 0 Å². The number of halogens is 1. The van der Waals surface area contributed by atoms with Crippen LogP contribution >= 0.6 is 0 Å². The van der Waals surface area contributed by atoms with Gasteiger partial charge in [-0.1, -0.05) is 90.4 Å². The third-order valence-electron chi connectivity index (χ3n) is 6.92. The van der Waals surface area contributed by atoms with Gasteiger partial charge in [-0.25, -0.2) is 9.18 Å². The van der Waals surface area contributed by atoms with Gasteiger partial charge in [0.05, 0.1) is 6.61 Å². The summed E-state index contributed by atoms with van der Waals surface area (Å²) in [5.41, 5.74) is -1.37. The van der Waals surface area contributed by atoms with Gasteiger partial charge in [0.1, 0.15) is 12.2 Å². The molecule has 2 heterocycles. The number of ether oxygens (including phenoxy) is 3. The Morgan fingerprint density at radius 3 is 2.00 bits per heavy atom. The van der Waals surface area contributed by atoms with Gasteiger partial charge in [0.2, 0.25) is 0 Å². The van der Waals surface area contributed by atoms with E-state index in [4.69, 9.17) is 14.2 Å². The van der Waals surface area contributed by atoms with Gasteiger partial charge < -0.3 is 19.3 Å². The smallest absolute Gasteiger partial charge is 0.330 e. The van der Waals surface area contributed by atoms with E-state index < -0.39 is 35.9 Å². The number of alkyl halides is 1. The number of nitrogens with zero attached hydrogens (tertiary/aromatic N) is 1. The maximum Gasteiger partial charge on any atom is 0.330 e. The molecular weight excluding hydrogens is 479 g/mol. The molecule has 0 spiro atoms. The standard InChI is InChI=1S/C28H49FN2O6/c1-2-3-4-5-6-7-8-9-10-11-12-13-14-15-19-35-20-16-21-36-22-23-26(33)25(29)27(37-23)31-18-17-24(32)30-28(31)34/h17-18,23,25-27,33H,2-16,19-22H2,1H3,(H,30,32,34)/t23-,25-,26-,27-/m1/s1. The second-order valence-corrected chi connectivity index (χ2v) is 10.2. The van der Waals surface area contributed by atoms with Crippen LogP contribution < -0.4 is 11.2 Å². The molecule has 0 amide bonds. The van der Waals surface area contributed by atoms with Crippen LogP contribution in [-0.4, -0.2) is 59.5 Å². The minimum atomic E-state index is -1.80. The lowest BCUT2D eigenvalue weighted by atomic mass is 10.0. The van der Waals surface area contributed by atoms with Gasteiger partial charge in [-0.3, -0.25) is 14.3 Å². The van der Waals surface area contributed by atoms with E-state index in [0.29, 0.717) is 19.6 Å². The van der Waals surface area contributed by atoms with Crippen LogP contribution in [0.1, 0.15) is 109 Å². The summed E-state index contributed by atoms with van der Waals surface area (Å²) < 4.78 is 32.1. The molecule has 8 nitrogen and oxygen atoms in total. The number of aromatic amines is 1. The summed E-state index contributed by atoms with van der Waals surface area (Å²) in [6, 6.07) is 1.10. The van der Waals surface area contributed by atoms with Gasteiger partial charge >= 0.3 is 5.69 Å². The Hall–Kier alpha value is -1.55. The zero-order valence-electron chi connectivity index (χ0n) is 22.7. The van der Waals surface area contributed by atoms with Crippen LogP contribution in [0.5, 0.6) is 0 Å². The Bertz CT molecular complexity index is 816. The molecule has 2 rings (SSSR count). The summed E-state index contributed by atoms with van der Waals surface area (Å²) in [4.78, 5) is 25.1. The highest BCUT2D eigenvalue weighted by Crippen LogP contribution is 2.30. The highest BCUT2D eigenvalue weighted by molar-refractivity contribution is 4.93. The molecule has 1 saturated heterocycles. The third kappa shape index (κ3) is 12.7. The molecule has 1 aliphatic rings. The molecule has 0 bridgehead atoms. The molecule has 37 heavy (non-hydrogen) atoms. The van der Waals surface area contributed by atoms with E-state index in [0.717, 1.165) is 29.9 Å². The summed E-state index contributed by atoms with van der Waals surface area (Å²) in [6.45, 7) is 4.02. The van der Waals surface area contributed by atoms with Gasteiger partial charge in [0, 0.05) is 32.1 Å². The maximum absolute atomic E-state index is 14.4. The van der Waals surface area contributed by atoms with Gasteiger partial charge in [-0.05, 0) is 12.8 Å². The summed E-state index contributed by atoms with van der Waals surface area (Å²) in [5.74, 6) is 0. The van der Waals surface area contributed by atoms with Crippen molar-refractivity contribution in [3.05, 3.63) is 33.1 Å². The molecular formula is C28H49FN2O6. The van der Waals surface area contributed by atoms with Crippen molar-refractivity contribution in [2.24, 2.45) is 0 Å². The Labute approximate surface area is 220 Å². The number of aliphatic hydroxyl groups excluding tert-OH is 1. The first-order valence-corrected chi connectivity index (χ1v) is 14.5. The van der Waals surface area contributed by atoms with Crippen molar-refractivity contribution >= 4 is 0 Å². The lowest BCUT2D eigenvalue weighted by molar-refractivity contribution is -0.0670. The maximum atomic E-state index is 14.4. The van der Waals surface area contributed by atoms with Crippen molar-refractivity contribution in [2.45, 2.75) is 128 Å². The van der Waals surface area contributed by atoms with Crippen molar-refractivity contribution in [3.8, 4) is 0 Å². The molecule has 0 radical (unpaired) electrons. The summed E-state index contributed by atoms with van der Waals surface area (Å²) in [7, 11) is 0. The molecule has 2 N–H and O–H groups in total. The summed E-state index contributed by atoms with van der Waals surface area (Å²) >= 11 is 0. The highest BCUT2D eigenvalue weighted by Gasteiger charge is 2.45. The number of unbranched alkanes of at least 4 members (excludes halogenated alkanes) is 13. The molecule has 1 aliphatic heterocycles. The first-order chi connectivity index (χ1) is 18.0. The van der Waals surface area contributed by atoms with Crippen LogP contribution in [0.15, 0.2) is 21.9 Å². The lowest BCUT2D eigenvalue weighted by Gasteiger charge is -2.15. The highest BCUT2D eigenvalue weighted by atomic mass is 19.1. The van der Waals surface area contributed by atoms with Crippen molar-refractivity contribution < 1.29 is 23.7 Å². The number of hydrogen-bond acceptors (Lipinski definition) is 6. The monoisotopic (exact) mass is 528 g/mol. The number of hydrogen-bond donors (Lipinski definition) is 2. The van der Waals surface area contributed by atoms with Crippen LogP contribution in [0.2, 0.25) is 0 Å². The zero-order chi connectivity index (χ0) is 26.7. The average Bonchev–Trinajstić information content (AvgIpc) is 3.16. The largest absolute Gasteiger partial charge is 0.387 e. The number of aromatic nitrogens is 2. The van der Waals surface area contributed by atoms with Gasteiger partial charge in [0.25, 0.3) is 5.56 Å². The lowest BCUT2D eigenvalue weighted by Crippen LogP contribution is -2.35. The van der Waals surface area contributed by atoms with Crippen LogP contribution in [-0.2, 0) is 14.2 Å². The van der Waals surface area contributed by atoms with E-state index in [-0.39, 0.29) is 6.61 Å². The van der Waals surface area contributed by atoms with E-state index in [9.17, 15) is 19.1 Å². The number of rotatable bonds is 22. The first-order valence-electron chi connectivity index (χ1n) is 14.5. The Balaban J connectivity index is 1.37.